The van der Waals surface area contributed by atoms with Crippen molar-refractivity contribution in [2.24, 2.45) is 17.8 Å². The van der Waals surface area contributed by atoms with E-state index in [1.54, 1.807) is 12.1 Å². The van der Waals surface area contributed by atoms with Crippen molar-refractivity contribution in [2.45, 2.75) is 18.9 Å². The van der Waals surface area contributed by atoms with Gasteiger partial charge in [0.25, 0.3) is 5.91 Å². The molecule has 1 aromatic heterocycles. The fourth-order valence-electron chi connectivity index (χ4n) is 4.99. The van der Waals surface area contributed by atoms with Crippen LogP contribution >= 0.6 is 11.6 Å². The Bertz CT molecular complexity index is 756. The lowest BCUT2D eigenvalue weighted by molar-refractivity contribution is -0.0420. The third-order valence-corrected chi connectivity index (χ3v) is 6.02. The van der Waals surface area contributed by atoms with Gasteiger partial charge >= 0.3 is 0 Å². The zero-order valence-corrected chi connectivity index (χ0v) is 13.6. The molecule has 0 radical (unpaired) electrons. The monoisotopic (exact) mass is 330 g/mol. The number of carbonyl (C=O) groups excluding carboxylic acids is 1. The highest BCUT2D eigenvalue weighted by molar-refractivity contribution is 6.31. The molecular weight excluding hydrogens is 312 g/mol. The number of furan rings is 1. The van der Waals surface area contributed by atoms with Crippen LogP contribution in [0.15, 0.2) is 28.7 Å². The van der Waals surface area contributed by atoms with Gasteiger partial charge in [-0.1, -0.05) is 11.6 Å². The summed E-state index contributed by atoms with van der Waals surface area (Å²) in [5.41, 5.74) is 0.704. The van der Waals surface area contributed by atoms with Crippen molar-refractivity contribution in [1.29, 1.82) is 0 Å². The van der Waals surface area contributed by atoms with Gasteiger partial charge in [0.05, 0.1) is 0 Å². The van der Waals surface area contributed by atoms with Crippen molar-refractivity contribution in [3.63, 3.8) is 0 Å². The van der Waals surface area contributed by atoms with E-state index in [4.69, 9.17) is 16.0 Å². The molecular formula is C18H19ClN2O2. The molecule has 4 bridgehead atoms. The largest absolute Gasteiger partial charge is 0.451 e. The van der Waals surface area contributed by atoms with Gasteiger partial charge in [-0.3, -0.25) is 4.79 Å². The van der Waals surface area contributed by atoms with Crippen LogP contribution in [0.4, 0.5) is 0 Å². The molecule has 23 heavy (non-hydrogen) atoms. The van der Waals surface area contributed by atoms with Crippen LogP contribution < -0.4 is 5.32 Å². The maximum atomic E-state index is 12.6. The van der Waals surface area contributed by atoms with Gasteiger partial charge in [0.15, 0.2) is 5.76 Å². The first-order valence-electron chi connectivity index (χ1n) is 8.38. The van der Waals surface area contributed by atoms with E-state index < -0.39 is 0 Å². The first-order valence-corrected chi connectivity index (χ1v) is 8.76. The molecule has 1 N–H and O–H groups in total. The number of halogens is 1. The number of carbonyl (C=O) groups is 1. The highest BCUT2D eigenvalue weighted by Gasteiger charge is 2.48. The van der Waals surface area contributed by atoms with Crippen molar-refractivity contribution in [2.75, 3.05) is 19.6 Å². The molecule has 1 aromatic carbocycles. The fraction of sp³-hybridized carbons (Fsp3) is 0.500. The van der Waals surface area contributed by atoms with Crippen LogP contribution in [0.3, 0.4) is 0 Å². The summed E-state index contributed by atoms with van der Waals surface area (Å²) in [6.45, 7) is 3.53. The number of hydrogen-bond acceptors (Lipinski definition) is 3. The van der Waals surface area contributed by atoms with Crippen molar-refractivity contribution in [3.8, 4) is 0 Å². The number of rotatable bonds is 2. The van der Waals surface area contributed by atoms with Gasteiger partial charge in [0.2, 0.25) is 0 Å². The number of piperidine rings is 3. The average molecular weight is 331 g/mol. The molecule has 2 unspecified atom stereocenters. The van der Waals surface area contributed by atoms with Crippen molar-refractivity contribution < 1.29 is 9.21 Å². The minimum absolute atomic E-state index is 0.0928. The summed E-state index contributed by atoms with van der Waals surface area (Å²) in [7, 11) is 0. The molecule has 4 nitrogen and oxygen atoms in total. The highest BCUT2D eigenvalue weighted by Crippen LogP contribution is 2.43. The molecule has 3 aliphatic heterocycles. The molecule has 1 saturated carbocycles. The Balaban J connectivity index is 1.38. The lowest BCUT2D eigenvalue weighted by Crippen LogP contribution is -2.64. The SMILES string of the molecule is O=C(NC1C2CC3CC1CN(C3)C2)c1cc2cc(Cl)ccc2o1. The summed E-state index contributed by atoms with van der Waals surface area (Å²) in [4.78, 5) is 15.2. The Hall–Kier alpha value is -1.52. The lowest BCUT2D eigenvalue weighted by atomic mass is 9.65. The third-order valence-electron chi connectivity index (χ3n) is 5.79. The number of amides is 1. The van der Waals surface area contributed by atoms with Gasteiger partial charge in [-0.05, 0) is 54.9 Å². The van der Waals surface area contributed by atoms with Gasteiger partial charge in [-0.15, -0.1) is 0 Å². The Kier molecular flexibility index (Phi) is 3.01. The Labute approximate surface area is 139 Å². The summed E-state index contributed by atoms with van der Waals surface area (Å²) >= 11 is 6.00. The summed E-state index contributed by atoms with van der Waals surface area (Å²) < 4.78 is 5.70. The van der Waals surface area contributed by atoms with E-state index in [1.165, 1.54) is 19.4 Å². The Morgan fingerprint density at radius 1 is 1.17 bits per heavy atom. The zero-order chi connectivity index (χ0) is 15.6. The number of hydrogen-bond donors (Lipinski definition) is 1. The molecule has 2 aromatic rings. The highest BCUT2D eigenvalue weighted by atomic mass is 35.5. The maximum Gasteiger partial charge on any atom is 0.287 e. The molecule has 2 atom stereocenters. The summed E-state index contributed by atoms with van der Waals surface area (Å²) in [5, 5.41) is 4.79. The normalized spacial score (nSPS) is 34.9. The van der Waals surface area contributed by atoms with Gasteiger partial charge in [-0.25, -0.2) is 0 Å². The van der Waals surface area contributed by atoms with Crippen LogP contribution in [0.5, 0.6) is 0 Å². The van der Waals surface area contributed by atoms with Crippen molar-refractivity contribution >= 4 is 28.5 Å². The number of fused-ring (bicyclic) bond motifs is 1. The van der Waals surface area contributed by atoms with Crippen LogP contribution in [0.2, 0.25) is 5.02 Å². The molecule has 4 aliphatic rings. The van der Waals surface area contributed by atoms with E-state index in [0.29, 0.717) is 34.2 Å². The molecule has 6 rings (SSSR count). The van der Waals surface area contributed by atoms with E-state index in [0.717, 1.165) is 24.4 Å². The summed E-state index contributed by atoms with van der Waals surface area (Å²) in [6, 6.07) is 7.50. The van der Waals surface area contributed by atoms with Crippen LogP contribution in [0, 0.1) is 17.8 Å². The second-order valence-corrected chi connectivity index (χ2v) is 7.80. The fourth-order valence-corrected chi connectivity index (χ4v) is 5.17. The van der Waals surface area contributed by atoms with Crippen molar-refractivity contribution in [3.05, 3.63) is 35.0 Å². The van der Waals surface area contributed by atoms with Crippen LogP contribution in [0.1, 0.15) is 23.4 Å². The van der Waals surface area contributed by atoms with Crippen molar-refractivity contribution in [1.82, 2.24) is 10.2 Å². The van der Waals surface area contributed by atoms with Gasteiger partial charge in [-0.2, -0.15) is 0 Å². The average Bonchev–Trinajstić information content (AvgIpc) is 2.93. The second kappa shape index (κ2) is 4.99. The first-order chi connectivity index (χ1) is 11.2. The van der Waals surface area contributed by atoms with Crippen LogP contribution in [0.25, 0.3) is 11.0 Å². The standard InChI is InChI=1S/C18H19ClN2O2/c19-14-1-2-15-11(5-14)6-16(23-15)18(22)20-17-12-3-10-4-13(17)9-21(7-10)8-12/h1-2,5-6,10,12-13,17H,3-4,7-9H2,(H,20,22). The van der Waals surface area contributed by atoms with E-state index in [-0.39, 0.29) is 5.91 Å². The smallest absolute Gasteiger partial charge is 0.287 e. The quantitative estimate of drug-likeness (QED) is 0.920. The predicted molar refractivity (Wildman–Crippen MR) is 88.6 cm³/mol. The Morgan fingerprint density at radius 3 is 2.70 bits per heavy atom. The Morgan fingerprint density at radius 2 is 1.96 bits per heavy atom. The predicted octanol–water partition coefficient (Wildman–Crippen LogP) is 3.16. The summed E-state index contributed by atoms with van der Waals surface area (Å²) in [6.07, 6.45) is 2.52. The lowest BCUT2D eigenvalue weighted by Gasteiger charge is -2.55. The summed E-state index contributed by atoms with van der Waals surface area (Å²) in [5.74, 6) is 2.34. The van der Waals surface area contributed by atoms with Gasteiger partial charge in [0.1, 0.15) is 5.58 Å². The maximum absolute atomic E-state index is 12.6. The first kappa shape index (κ1) is 13.9. The number of nitrogens with one attached hydrogen (secondary N) is 1. The zero-order valence-electron chi connectivity index (χ0n) is 12.8. The van der Waals surface area contributed by atoms with E-state index in [9.17, 15) is 4.79 Å². The second-order valence-electron chi connectivity index (χ2n) is 7.37. The topological polar surface area (TPSA) is 45.5 Å². The molecule has 120 valence electrons. The molecule has 5 heteroatoms. The molecule has 4 fully saturated rings. The minimum atomic E-state index is -0.0928. The van der Waals surface area contributed by atoms with Gasteiger partial charge < -0.3 is 14.6 Å². The molecule has 1 aliphatic carbocycles. The number of benzene rings is 1. The van der Waals surface area contributed by atoms with Crippen LogP contribution in [-0.2, 0) is 0 Å². The molecule has 1 amide bonds. The van der Waals surface area contributed by atoms with Crippen LogP contribution in [-0.4, -0.2) is 36.5 Å². The molecule has 4 heterocycles. The van der Waals surface area contributed by atoms with E-state index in [1.807, 2.05) is 12.1 Å². The molecule has 0 spiro atoms. The van der Waals surface area contributed by atoms with E-state index in [2.05, 4.69) is 10.2 Å². The minimum Gasteiger partial charge on any atom is -0.451 e. The molecule has 3 saturated heterocycles. The number of nitrogens with zero attached hydrogens (tertiary/aromatic N) is 1. The third kappa shape index (κ3) is 2.27. The van der Waals surface area contributed by atoms with Gasteiger partial charge in [0, 0.05) is 36.1 Å². The van der Waals surface area contributed by atoms with E-state index >= 15 is 0 Å².